The van der Waals surface area contributed by atoms with Gasteiger partial charge in [0.25, 0.3) is 0 Å². The van der Waals surface area contributed by atoms with Crippen LogP contribution in [0.3, 0.4) is 0 Å². The summed E-state index contributed by atoms with van der Waals surface area (Å²) in [6.45, 7) is 3.76. The third kappa shape index (κ3) is 3.77. The maximum absolute atomic E-state index is 11.0. The van der Waals surface area contributed by atoms with Gasteiger partial charge in [-0.2, -0.15) is 0 Å². The molecule has 0 bridgehead atoms. The highest BCUT2D eigenvalue weighted by Crippen LogP contribution is 2.45. The van der Waals surface area contributed by atoms with Crippen LogP contribution in [0.4, 0.5) is 0 Å². The van der Waals surface area contributed by atoms with Gasteiger partial charge >= 0.3 is 0 Å². The largest absolute Gasteiger partial charge is 0.390 e. The van der Waals surface area contributed by atoms with E-state index in [1.807, 2.05) is 0 Å². The molecule has 5 rings (SSSR count). The van der Waals surface area contributed by atoms with Crippen LogP contribution in [0, 0.1) is 5.92 Å². The van der Waals surface area contributed by atoms with Gasteiger partial charge in [-0.25, -0.2) is 0 Å². The molecule has 0 spiro atoms. The monoisotopic (exact) mass is 412 g/mol. The number of ether oxygens (including phenoxy) is 6. The van der Waals surface area contributed by atoms with E-state index < -0.39 is 18.0 Å². The van der Waals surface area contributed by atoms with Crippen molar-refractivity contribution in [1.29, 1.82) is 0 Å². The van der Waals surface area contributed by atoms with Crippen molar-refractivity contribution in [2.24, 2.45) is 5.92 Å². The topological polar surface area (TPSA) is 75.6 Å². The lowest BCUT2D eigenvalue weighted by atomic mass is 9.81. The molecule has 0 radical (unpaired) electrons. The van der Waals surface area contributed by atoms with Gasteiger partial charge in [-0.05, 0) is 44.4 Å². The van der Waals surface area contributed by atoms with E-state index in [2.05, 4.69) is 6.92 Å². The summed E-state index contributed by atoms with van der Waals surface area (Å²) < 4.78 is 37.4. The number of hydrogen-bond donors (Lipinski definition) is 1. The summed E-state index contributed by atoms with van der Waals surface area (Å²) in [7, 11) is 1.70. The second-order valence-electron chi connectivity index (χ2n) is 9.56. The van der Waals surface area contributed by atoms with Crippen LogP contribution in [0.5, 0.6) is 0 Å². The Labute approximate surface area is 173 Å². The first-order chi connectivity index (χ1) is 14.1. The van der Waals surface area contributed by atoms with Crippen LogP contribution >= 0.6 is 0 Å². The summed E-state index contributed by atoms with van der Waals surface area (Å²) in [6, 6.07) is 0. The number of aliphatic hydroxyl groups is 1. The summed E-state index contributed by atoms with van der Waals surface area (Å²) in [5, 5.41) is 11.0. The first-order valence-corrected chi connectivity index (χ1v) is 11.5. The van der Waals surface area contributed by atoms with Crippen LogP contribution in [-0.2, 0) is 28.4 Å². The van der Waals surface area contributed by atoms with Gasteiger partial charge < -0.3 is 33.5 Å². The molecule has 0 unspecified atom stereocenters. The highest BCUT2D eigenvalue weighted by Gasteiger charge is 2.56. The molecule has 5 aliphatic rings. The Bertz CT molecular complexity index is 573. The lowest BCUT2D eigenvalue weighted by molar-refractivity contribution is -0.367. The minimum Gasteiger partial charge on any atom is -0.390 e. The predicted molar refractivity (Wildman–Crippen MR) is 104 cm³/mol. The minimum atomic E-state index is -0.857. The lowest BCUT2D eigenvalue weighted by Crippen LogP contribution is -2.63. The zero-order valence-electron chi connectivity index (χ0n) is 17.7. The van der Waals surface area contributed by atoms with Gasteiger partial charge in [0.2, 0.25) is 0 Å². The van der Waals surface area contributed by atoms with Gasteiger partial charge in [0.05, 0.1) is 36.6 Å². The third-order valence-electron chi connectivity index (χ3n) is 7.66. The molecule has 7 heteroatoms. The number of hydrogen-bond acceptors (Lipinski definition) is 7. The first kappa shape index (κ1) is 20.6. The summed E-state index contributed by atoms with van der Waals surface area (Å²) in [6.07, 6.45) is 5.96. The van der Waals surface area contributed by atoms with E-state index in [1.54, 1.807) is 7.11 Å². The minimum absolute atomic E-state index is 0.0464. The molecule has 5 aliphatic heterocycles. The van der Waals surface area contributed by atoms with Crippen LogP contribution in [0.25, 0.3) is 0 Å². The van der Waals surface area contributed by atoms with E-state index in [-0.39, 0.29) is 42.5 Å². The Morgan fingerprint density at radius 3 is 2.28 bits per heavy atom. The quantitative estimate of drug-likeness (QED) is 0.745. The van der Waals surface area contributed by atoms with Gasteiger partial charge in [0.15, 0.2) is 5.79 Å². The van der Waals surface area contributed by atoms with Crippen molar-refractivity contribution in [3.63, 3.8) is 0 Å². The Morgan fingerprint density at radius 1 is 0.862 bits per heavy atom. The molecule has 0 saturated carbocycles. The van der Waals surface area contributed by atoms with Crippen LogP contribution in [0.15, 0.2) is 0 Å². The molecule has 166 valence electrons. The van der Waals surface area contributed by atoms with E-state index in [0.717, 1.165) is 51.7 Å². The summed E-state index contributed by atoms with van der Waals surface area (Å²) in [5.74, 6) is -0.607. The van der Waals surface area contributed by atoms with Crippen molar-refractivity contribution in [3.8, 4) is 0 Å². The smallest absolute Gasteiger partial charge is 0.195 e. The SMILES string of the molecule is CO[C@@]1([C@H]2O[C@H]3CCCO[C@@H]3C[C@H]2C)CC[C@H]2O[C@H]3CCCO[C@@H]3C[C@H](O)[C@@H]2O1. The van der Waals surface area contributed by atoms with Crippen LogP contribution in [0.2, 0.25) is 0 Å². The number of fused-ring (bicyclic) bond motifs is 3. The normalized spacial score (nSPS) is 53.3. The van der Waals surface area contributed by atoms with Crippen molar-refractivity contribution in [3.05, 3.63) is 0 Å². The van der Waals surface area contributed by atoms with Gasteiger partial charge in [-0.15, -0.1) is 0 Å². The number of methoxy groups -OCH3 is 1. The zero-order chi connectivity index (χ0) is 20.0. The predicted octanol–water partition coefficient (Wildman–Crippen LogP) is 2.18. The second-order valence-corrected chi connectivity index (χ2v) is 9.56. The van der Waals surface area contributed by atoms with Gasteiger partial charge in [0, 0.05) is 33.2 Å². The van der Waals surface area contributed by atoms with Crippen molar-refractivity contribution in [1.82, 2.24) is 0 Å². The molecule has 0 amide bonds. The molecule has 0 aromatic rings. The molecular formula is C22H36O7. The average Bonchev–Trinajstić information content (AvgIpc) is 2.88. The average molecular weight is 413 g/mol. The van der Waals surface area contributed by atoms with Gasteiger partial charge in [0.1, 0.15) is 12.2 Å². The maximum atomic E-state index is 11.0. The standard InChI is InChI=1S/C22H36O7/c1-13-11-18-16(6-4-9-25-18)28-21(13)22(24-2)8-7-17-20(29-22)14(23)12-19-15(27-17)5-3-10-26-19/h13-21,23H,3-12H2,1-2H3/t13-,14+,15+,16+,17-,18-,19-,20+,21+,22+/m1/s1. The highest BCUT2D eigenvalue weighted by molar-refractivity contribution is 5.00. The van der Waals surface area contributed by atoms with Gasteiger partial charge in [-0.3, -0.25) is 0 Å². The van der Waals surface area contributed by atoms with Crippen molar-refractivity contribution in [2.45, 2.75) is 113 Å². The van der Waals surface area contributed by atoms with Crippen LogP contribution in [0.1, 0.15) is 58.3 Å². The molecule has 0 aliphatic carbocycles. The Morgan fingerprint density at radius 2 is 1.55 bits per heavy atom. The third-order valence-corrected chi connectivity index (χ3v) is 7.66. The zero-order valence-corrected chi connectivity index (χ0v) is 17.7. The summed E-state index contributed by atoms with van der Waals surface area (Å²) >= 11 is 0. The fraction of sp³-hybridized carbons (Fsp3) is 1.00. The van der Waals surface area contributed by atoms with E-state index in [1.165, 1.54) is 0 Å². The van der Waals surface area contributed by atoms with Gasteiger partial charge in [-0.1, -0.05) is 6.92 Å². The van der Waals surface area contributed by atoms with Crippen LogP contribution in [-0.4, -0.2) is 80.0 Å². The summed E-state index contributed by atoms with van der Waals surface area (Å²) in [4.78, 5) is 0. The number of rotatable bonds is 2. The molecule has 29 heavy (non-hydrogen) atoms. The lowest BCUT2D eigenvalue weighted by Gasteiger charge is -2.53. The fourth-order valence-electron chi connectivity index (χ4n) is 6.14. The molecule has 0 aromatic carbocycles. The second kappa shape index (κ2) is 8.34. The van der Waals surface area contributed by atoms with E-state index in [4.69, 9.17) is 28.4 Å². The van der Waals surface area contributed by atoms with Crippen molar-refractivity contribution < 1.29 is 33.5 Å². The summed E-state index contributed by atoms with van der Waals surface area (Å²) in [5.41, 5.74) is 0. The Hall–Kier alpha value is -0.280. The molecular weight excluding hydrogens is 376 g/mol. The van der Waals surface area contributed by atoms with Crippen LogP contribution < -0.4 is 0 Å². The molecule has 5 fully saturated rings. The molecule has 5 heterocycles. The van der Waals surface area contributed by atoms with E-state index >= 15 is 0 Å². The molecule has 10 atom stereocenters. The molecule has 0 aromatic heterocycles. The molecule has 7 nitrogen and oxygen atoms in total. The molecule has 5 saturated heterocycles. The fourth-order valence-corrected chi connectivity index (χ4v) is 6.14. The number of aliphatic hydroxyl groups excluding tert-OH is 1. The van der Waals surface area contributed by atoms with Crippen molar-refractivity contribution >= 4 is 0 Å². The van der Waals surface area contributed by atoms with E-state index in [9.17, 15) is 5.11 Å². The first-order valence-electron chi connectivity index (χ1n) is 11.5. The Balaban J connectivity index is 1.35. The highest BCUT2D eigenvalue weighted by atomic mass is 16.7. The van der Waals surface area contributed by atoms with E-state index in [0.29, 0.717) is 12.8 Å². The molecule has 1 N–H and O–H groups in total. The van der Waals surface area contributed by atoms with Crippen molar-refractivity contribution in [2.75, 3.05) is 20.3 Å². The Kier molecular flexibility index (Phi) is 5.93. The maximum Gasteiger partial charge on any atom is 0.195 e.